The van der Waals surface area contributed by atoms with Gasteiger partial charge in [0.25, 0.3) is 0 Å². The molecule has 1 amide bonds. The normalized spacial score (nSPS) is 24.9. The molecule has 0 radical (unpaired) electrons. The second kappa shape index (κ2) is 10.7. The number of hydrazine groups is 1. The number of ether oxygens (including phenoxy) is 2. The summed E-state index contributed by atoms with van der Waals surface area (Å²) in [7, 11) is 5.21. The molecule has 3 saturated heterocycles. The molecule has 0 bridgehead atoms. The second-order valence-electron chi connectivity index (χ2n) is 10.0. The van der Waals surface area contributed by atoms with Gasteiger partial charge in [0.15, 0.2) is 11.6 Å². The largest absolute Gasteiger partial charge is 0.494 e. The number of benzene rings is 1. The van der Waals surface area contributed by atoms with Crippen LogP contribution >= 0.6 is 0 Å². The lowest BCUT2D eigenvalue weighted by Gasteiger charge is -2.39. The maximum Gasteiger partial charge on any atom is 0.244 e. The lowest BCUT2D eigenvalue weighted by atomic mass is 9.88. The Bertz CT molecular complexity index is 1310. The molecule has 4 N–H and O–H groups in total. The maximum absolute atomic E-state index is 13.1. The monoisotopic (exact) mass is 534 g/mol. The van der Waals surface area contributed by atoms with Crippen molar-refractivity contribution in [3.05, 3.63) is 42.9 Å². The Morgan fingerprint density at radius 1 is 1.10 bits per heavy atom. The van der Waals surface area contributed by atoms with Crippen molar-refractivity contribution in [1.29, 1.82) is 0 Å². The summed E-state index contributed by atoms with van der Waals surface area (Å²) in [6, 6.07) is 9.70. The molecule has 39 heavy (non-hydrogen) atoms. The van der Waals surface area contributed by atoms with Crippen LogP contribution in [-0.4, -0.2) is 89.5 Å². The van der Waals surface area contributed by atoms with Crippen molar-refractivity contribution < 1.29 is 14.3 Å². The van der Waals surface area contributed by atoms with E-state index in [-0.39, 0.29) is 30.2 Å². The number of carbonyl (C=O) groups is 1. The Labute approximate surface area is 226 Å². The van der Waals surface area contributed by atoms with Crippen LogP contribution in [0.5, 0.6) is 5.75 Å². The summed E-state index contributed by atoms with van der Waals surface area (Å²) in [5, 5.41) is 16.7. The number of amides is 1. The van der Waals surface area contributed by atoms with Gasteiger partial charge in [0.1, 0.15) is 12.1 Å². The maximum atomic E-state index is 13.1. The van der Waals surface area contributed by atoms with Gasteiger partial charge in [-0.1, -0.05) is 6.07 Å². The molecule has 4 atom stereocenters. The number of pyridine rings is 1. The van der Waals surface area contributed by atoms with Gasteiger partial charge >= 0.3 is 0 Å². The molecule has 3 aliphatic rings. The number of morpholine rings is 1. The van der Waals surface area contributed by atoms with E-state index in [2.05, 4.69) is 47.4 Å². The summed E-state index contributed by atoms with van der Waals surface area (Å²) in [6.45, 7) is 3.19. The molecule has 4 unspecified atom stereocenters. The summed E-state index contributed by atoms with van der Waals surface area (Å²) in [5.41, 5.74) is 5.90. The highest BCUT2D eigenvalue weighted by Gasteiger charge is 2.48. The van der Waals surface area contributed by atoms with Crippen molar-refractivity contribution in [2.45, 2.75) is 24.8 Å². The summed E-state index contributed by atoms with van der Waals surface area (Å²) >= 11 is 0. The third kappa shape index (κ3) is 5.07. The van der Waals surface area contributed by atoms with Crippen LogP contribution in [0.15, 0.2) is 42.9 Å². The number of hydrogen-bond donors (Lipinski definition) is 4. The van der Waals surface area contributed by atoms with Gasteiger partial charge in [-0.25, -0.2) is 15.4 Å². The van der Waals surface area contributed by atoms with Gasteiger partial charge in [-0.15, -0.1) is 0 Å². The van der Waals surface area contributed by atoms with E-state index in [1.54, 1.807) is 30.2 Å². The summed E-state index contributed by atoms with van der Waals surface area (Å²) in [6.07, 6.45) is 3.80. The number of hydrogen-bond acceptors (Lipinski definition) is 11. The lowest BCUT2D eigenvalue weighted by Crippen LogP contribution is -2.60. The fourth-order valence-electron chi connectivity index (χ4n) is 5.57. The molecular weight excluding hydrogens is 500 g/mol. The molecule has 206 valence electrons. The van der Waals surface area contributed by atoms with Gasteiger partial charge in [-0.05, 0) is 24.3 Å². The standard InChI is InChI=1S/C26H34N10O3/c1-34-15-28-24(32-34)17-5-4-6-18(23(17)38-3)29-19-13-21(31-25-22(19)26(37)35(2)33-25)30-20-8-7-16(14-27-20)36-9-11-39-12-10-36/h4-8,14-15,19,21-22,25,29,31,33H,9-13H2,1-3H3,(H,27,30). The number of rotatable bonds is 7. The Kier molecular flexibility index (Phi) is 6.94. The van der Waals surface area contributed by atoms with Crippen molar-refractivity contribution in [3.63, 3.8) is 0 Å². The third-order valence-corrected chi connectivity index (χ3v) is 7.46. The van der Waals surface area contributed by atoms with Crippen LogP contribution in [0.25, 0.3) is 11.4 Å². The topological polar surface area (TPSA) is 134 Å². The number of para-hydroxylation sites is 1. The van der Waals surface area contributed by atoms with Crippen LogP contribution in [0.3, 0.4) is 0 Å². The minimum atomic E-state index is -0.314. The molecule has 0 spiro atoms. The SMILES string of the molecule is COc1c(NC2CC(Nc3ccc(N4CCOCC4)cn3)NC3NN(C)C(=O)C23)cccc1-c1ncn(C)n1. The summed E-state index contributed by atoms with van der Waals surface area (Å²) in [4.78, 5) is 24.4. The predicted octanol–water partition coefficient (Wildman–Crippen LogP) is 0.853. The highest BCUT2D eigenvalue weighted by molar-refractivity contribution is 5.83. The number of aromatic nitrogens is 4. The van der Waals surface area contributed by atoms with Gasteiger partial charge in [-0.3, -0.25) is 19.8 Å². The number of anilines is 3. The van der Waals surface area contributed by atoms with E-state index in [9.17, 15) is 4.79 Å². The van der Waals surface area contributed by atoms with Crippen molar-refractivity contribution >= 4 is 23.1 Å². The Morgan fingerprint density at radius 2 is 1.95 bits per heavy atom. The number of piperidine rings is 1. The van der Waals surface area contributed by atoms with E-state index in [1.165, 1.54) is 0 Å². The Morgan fingerprint density at radius 3 is 2.67 bits per heavy atom. The first-order valence-electron chi connectivity index (χ1n) is 13.1. The first-order chi connectivity index (χ1) is 19.0. The first kappa shape index (κ1) is 25.3. The van der Waals surface area contributed by atoms with Crippen LogP contribution in [0.2, 0.25) is 0 Å². The highest BCUT2D eigenvalue weighted by Crippen LogP contribution is 2.37. The van der Waals surface area contributed by atoms with E-state index in [1.807, 2.05) is 37.5 Å². The number of aryl methyl sites for hydroxylation is 1. The predicted molar refractivity (Wildman–Crippen MR) is 146 cm³/mol. The molecule has 3 aromatic rings. The highest BCUT2D eigenvalue weighted by atomic mass is 16.5. The lowest BCUT2D eigenvalue weighted by molar-refractivity contribution is -0.131. The van der Waals surface area contributed by atoms with E-state index in [0.29, 0.717) is 18.0 Å². The molecule has 3 aliphatic heterocycles. The molecule has 6 rings (SSSR count). The zero-order chi connectivity index (χ0) is 26.9. The van der Waals surface area contributed by atoms with Gasteiger partial charge in [0, 0.05) is 39.6 Å². The smallest absolute Gasteiger partial charge is 0.244 e. The summed E-state index contributed by atoms with van der Waals surface area (Å²) < 4.78 is 12.9. The van der Waals surface area contributed by atoms with Crippen LogP contribution in [0.4, 0.5) is 17.2 Å². The number of nitrogens with zero attached hydrogens (tertiary/aromatic N) is 6. The zero-order valence-electron chi connectivity index (χ0n) is 22.3. The van der Waals surface area contributed by atoms with Crippen molar-refractivity contribution in [2.75, 3.05) is 56.0 Å². The van der Waals surface area contributed by atoms with Crippen molar-refractivity contribution in [2.24, 2.45) is 13.0 Å². The average molecular weight is 535 g/mol. The van der Waals surface area contributed by atoms with Crippen LogP contribution in [0, 0.1) is 5.92 Å². The number of methoxy groups -OCH3 is 1. The van der Waals surface area contributed by atoms with E-state index < -0.39 is 0 Å². The quantitative estimate of drug-likeness (QED) is 0.344. The molecule has 3 fully saturated rings. The van der Waals surface area contributed by atoms with Crippen molar-refractivity contribution in [3.8, 4) is 17.1 Å². The summed E-state index contributed by atoms with van der Waals surface area (Å²) in [5.74, 6) is 1.69. The third-order valence-electron chi connectivity index (χ3n) is 7.46. The minimum Gasteiger partial charge on any atom is -0.494 e. The van der Waals surface area contributed by atoms with E-state index in [4.69, 9.17) is 9.47 Å². The number of carbonyl (C=O) groups excluding carboxylic acids is 1. The van der Waals surface area contributed by atoms with E-state index >= 15 is 0 Å². The molecule has 0 saturated carbocycles. The van der Waals surface area contributed by atoms with Gasteiger partial charge < -0.3 is 25.0 Å². The van der Waals surface area contributed by atoms with Crippen LogP contribution in [-0.2, 0) is 16.6 Å². The molecular formula is C26H34N10O3. The molecule has 2 aromatic heterocycles. The first-order valence-corrected chi connectivity index (χ1v) is 13.1. The zero-order valence-corrected chi connectivity index (χ0v) is 22.3. The fraction of sp³-hybridized carbons (Fsp3) is 0.462. The molecule has 13 nitrogen and oxygen atoms in total. The average Bonchev–Trinajstić information content (AvgIpc) is 3.51. The molecule has 13 heteroatoms. The fourth-order valence-corrected chi connectivity index (χ4v) is 5.57. The number of nitrogens with one attached hydrogen (secondary N) is 4. The van der Waals surface area contributed by atoms with E-state index in [0.717, 1.165) is 49.1 Å². The molecule has 0 aliphatic carbocycles. The Balaban J connectivity index is 1.22. The van der Waals surface area contributed by atoms with Crippen LogP contribution in [0.1, 0.15) is 6.42 Å². The minimum absolute atomic E-state index is 0.0259. The van der Waals surface area contributed by atoms with Gasteiger partial charge in [0.2, 0.25) is 5.91 Å². The van der Waals surface area contributed by atoms with Gasteiger partial charge in [0.05, 0.1) is 61.7 Å². The second-order valence-corrected chi connectivity index (χ2v) is 10.0. The Hall–Kier alpha value is -3.94. The van der Waals surface area contributed by atoms with Crippen molar-refractivity contribution in [1.82, 2.24) is 35.5 Å². The van der Waals surface area contributed by atoms with Gasteiger partial charge in [-0.2, -0.15) is 5.10 Å². The van der Waals surface area contributed by atoms with Crippen LogP contribution < -0.4 is 31.0 Å². The molecule has 5 heterocycles. The number of fused-ring (bicyclic) bond motifs is 1. The molecule has 1 aromatic carbocycles.